The molecule has 148 valence electrons. The van der Waals surface area contributed by atoms with Crippen molar-refractivity contribution < 1.29 is 19.1 Å². The van der Waals surface area contributed by atoms with Crippen molar-refractivity contribution >= 4 is 29.1 Å². The molecule has 0 bridgehead atoms. The minimum absolute atomic E-state index is 0.0189. The smallest absolute Gasteiger partial charge is 0.269 e. The van der Waals surface area contributed by atoms with Crippen LogP contribution in [0, 0.1) is 6.92 Å². The zero-order valence-electron chi connectivity index (χ0n) is 15.8. The van der Waals surface area contributed by atoms with Crippen LogP contribution in [0.2, 0.25) is 0 Å². The van der Waals surface area contributed by atoms with Crippen molar-refractivity contribution in [1.29, 1.82) is 0 Å². The molecule has 2 aromatic rings. The van der Waals surface area contributed by atoms with Gasteiger partial charge < -0.3 is 9.47 Å². The van der Waals surface area contributed by atoms with E-state index < -0.39 is 5.91 Å². The van der Waals surface area contributed by atoms with Gasteiger partial charge in [0, 0.05) is 17.7 Å². The summed E-state index contributed by atoms with van der Waals surface area (Å²) < 4.78 is 10.7. The fourth-order valence-electron chi connectivity index (χ4n) is 2.30. The van der Waals surface area contributed by atoms with Crippen LogP contribution in [0.5, 0.6) is 5.75 Å². The van der Waals surface area contributed by atoms with E-state index in [9.17, 15) is 9.59 Å². The van der Waals surface area contributed by atoms with Crippen LogP contribution in [0.1, 0.15) is 33.2 Å². The maximum absolute atomic E-state index is 12.3. The van der Waals surface area contributed by atoms with Crippen LogP contribution < -0.4 is 20.9 Å². The zero-order chi connectivity index (χ0) is 20.4. The highest BCUT2D eigenvalue weighted by molar-refractivity contribution is 7.80. The third-order valence-corrected chi connectivity index (χ3v) is 3.91. The number of aryl methyl sites for hydroxylation is 1. The summed E-state index contributed by atoms with van der Waals surface area (Å²) in [5.74, 6) is -0.212. The topological polar surface area (TPSA) is 88.7 Å². The molecule has 0 unspecified atom stereocenters. The molecular formula is C20H23N3O4S. The van der Waals surface area contributed by atoms with Gasteiger partial charge in [-0.15, -0.1) is 0 Å². The Labute approximate surface area is 169 Å². The Kier molecular flexibility index (Phi) is 8.38. The quantitative estimate of drug-likeness (QED) is 0.375. The Bertz CT molecular complexity index is 842. The first kappa shape index (κ1) is 21.3. The van der Waals surface area contributed by atoms with Gasteiger partial charge in [-0.3, -0.25) is 25.8 Å². The number of carbonyl (C=O) groups excluding carboxylic acids is 2. The second kappa shape index (κ2) is 11.0. The Balaban J connectivity index is 1.84. The maximum atomic E-state index is 12.3. The monoisotopic (exact) mass is 401 g/mol. The molecule has 0 saturated heterocycles. The van der Waals surface area contributed by atoms with Crippen molar-refractivity contribution in [3.63, 3.8) is 0 Å². The number of rotatable bonds is 7. The zero-order valence-corrected chi connectivity index (χ0v) is 16.6. The van der Waals surface area contributed by atoms with Crippen molar-refractivity contribution in [3.8, 4) is 5.75 Å². The van der Waals surface area contributed by atoms with Crippen molar-refractivity contribution in [3.05, 3.63) is 65.2 Å². The van der Waals surface area contributed by atoms with Crippen molar-refractivity contribution in [2.45, 2.75) is 13.8 Å². The van der Waals surface area contributed by atoms with E-state index >= 15 is 0 Å². The lowest BCUT2D eigenvalue weighted by molar-refractivity contribution is 0.0934. The molecule has 2 rings (SSSR count). The summed E-state index contributed by atoms with van der Waals surface area (Å²) in [5.41, 5.74) is 6.71. The summed E-state index contributed by atoms with van der Waals surface area (Å²) in [6, 6.07) is 13.9. The summed E-state index contributed by atoms with van der Waals surface area (Å²) in [6.45, 7) is 5.23. The van der Waals surface area contributed by atoms with Crippen molar-refractivity contribution in [2.24, 2.45) is 0 Å². The van der Waals surface area contributed by atoms with Crippen molar-refractivity contribution in [1.82, 2.24) is 16.2 Å². The molecule has 3 N–H and O–H groups in total. The number of amides is 2. The van der Waals surface area contributed by atoms with Crippen LogP contribution in [0.4, 0.5) is 0 Å². The molecule has 8 heteroatoms. The molecule has 2 aromatic carbocycles. The molecule has 0 aromatic heterocycles. The summed E-state index contributed by atoms with van der Waals surface area (Å²) in [4.78, 5) is 24.5. The van der Waals surface area contributed by atoms with Crippen LogP contribution in [0.3, 0.4) is 0 Å². The largest absolute Gasteiger partial charge is 0.491 e. The first-order chi connectivity index (χ1) is 13.5. The third-order valence-electron chi connectivity index (χ3n) is 3.70. The van der Waals surface area contributed by atoms with E-state index in [1.807, 2.05) is 26.0 Å². The molecule has 0 saturated carbocycles. The van der Waals surface area contributed by atoms with E-state index in [0.29, 0.717) is 36.7 Å². The number of hydrazine groups is 1. The molecule has 0 aliphatic heterocycles. The Morgan fingerprint density at radius 2 is 1.79 bits per heavy atom. The molecule has 0 fully saturated rings. The molecular weight excluding hydrogens is 378 g/mol. The number of benzene rings is 2. The van der Waals surface area contributed by atoms with Crippen LogP contribution in [0.15, 0.2) is 48.5 Å². The van der Waals surface area contributed by atoms with Gasteiger partial charge in [-0.25, -0.2) is 0 Å². The van der Waals surface area contributed by atoms with Gasteiger partial charge in [0.1, 0.15) is 12.4 Å². The Hall–Kier alpha value is -2.97. The minimum atomic E-state index is -0.419. The van der Waals surface area contributed by atoms with E-state index in [4.69, 9.17) is 21.7 Å². The minimum Gasteiger partial charge on any atom is -0.491 e. The van der Waals surface area contributed by atoms with Crippen LogP contribution in [-0.4, -0.2) is 36.7 Å². The lowest BCUT2D eigenvalue weighted by atomic mass is 10.1. The second-order valence-electron chi connectivity index (χ2n) is 5.75. The van der Waals surface area contributed by atoms with Crippen LogP contribution >= 0.6 is 12.2 Å². The van der Waals surface area contributed by atoms with E-state index in [1.165, 1.54) is 0 Å². The van der Waals surface area contributed by atoms with Gasteiger partial charge in [0.2, 0.25) is 0 Å². The van der Waals surface area contributed by atoms with Gasteiger partial charge in [-0.05, 0) is 55.9 Å². The fraction of sp³-hybridized carbons (Fsp3) is 0.250. The molecule has 0 aliphatic rings. The highest BCUT2D eigenvalue weighted by atomic mass is 32.1. The first-order valence-corrected chi connectivity index (χ1v) is 9.20. The fourth-order valence-corrected chi connectivity index (χ4v) is 2.45. The van der Waals surface area contributed by atoms with Crippen LogP contribution in [-0.2, 0) is 4.74 Å². The van der Waals surface area contributed by atoms with Crippen molar-refractivity contribution in [2.75, 3.05) is 19.8 Å². The van der Waals surface area contributed by atoms with Gasteiger partial charge >= 0.3 is 0 Å². The standard InChI is InChI=1S/C20H23N3O4S/c1-3-26-11-12-27-16-9-6-8-15(13-16)18(24)21-20(28)23-22-19(25)17-10-5-4-7-14(17)2/h4-10,13H,3,11-12H2,1-2H3,(H,22,25)(H2,21,23,24,28). The molecule has 28 heavy (non-hydrogen) atoms. The first-order valence-electron chi connectivity index (χ1n) is 8.79. The summed E-state index contributed by atoms with van der Waals surface area (Å²) in [6.07, 6.45) is 0. The molecule has 0 radical (unpaired) electrons. The maximum Gasteiger partial charge on any atom is 0.269 e. The van der Waals surface area contributed by atoms with E-state index in [1.54, 1.807) is 36.4 Å². The molecule has 0 heterocycles. The van der Waals surface area contributed by atoms with Gasteiger partial charge in [0.25, 0.3) is 11.8 Å². The van der Waals surface area contributed by atoms with Gasteiger partial charge in [0.05, 0.1) is 6.61 Å². The average molecular weight is 401 g/mol. The highest BCUT2D eigenvalue weighted by Crippen LogP contribution is 2.13. The summed E-state index contributed by atoms with van der Waals surface area (Å²) in [7, 11) is 0. The number of ether oxygens (including phenoxy) is 2. The lowest BCUT2D eigenvalue weighted by Gasteiger charge is -2.12. The Morgan fingerprint density at radius 1 is 1.00 bits per heavy atom. The number of hydrogen-bond donors (Lipinski definition) is 3. The number of nitrogens with one attached hydrogen (secondary N) is 3. The van der Waals surface area contributed by atoms with Gasteiger partial charge in [-0.2, -0.15) is 0 Å². The summed E-state index contributed by atoms with van der Waals surface area (Å²) >= 11 is 5.06. The van der Waals surface area contributed by atoms with Gasteiger partial charge in [0.15, 0.2) is 5.11 Å². The third kappa shape index (κ3) is 6.64. The average Bonchev–Trinajstić information content (AvgIpc) is 2.70. The van der Waals surface area contributed by atoms with E-state index in [2.05, 4.69) is 16.2 Å². The van der Waals surface area contributed by atoms with E-state index in [0.717, 1.165) is 5.56 Å². The molecule has 0 atom stereocenters. The lowest BCUT2D eigenvalue weighted by Crippen LogP contribution is -2.48. The predicted octanol–water partition coefficient (Wildman–Crippen LogP) is 2.36. The number of hydrogen-bond acceptors (Lipinski definition) is 5. The SMILES string of the molecule is CCOCCOc1cccc(C(=O)NC(=S)NNC(=O)c2ccccc2C)c1. The van der Waals surface area contributed by atoms with Gasteiger partial charge in [-0.1, -0.05) is 24.3 Å². The summed E-state index contributed by atoms with van der Waals surface area (Å²) in [5, 5.41) is 2.49. The van der Waals surface area contributed by atoms with Crippen LogP contribution in [0.25, 0.3) is 0 Å². The predicted molar refractivity (Wildman–Crippen MR) is 110 cm³/mol. The normalized spacial score (nSPS) is 10.1. The van der Waals surface area contributed by atoms with E-state index in [-0.39, 0.29) is 11.0 Å². The Morgan fingerprint density at radius 3 is 2.54 bits per heavy atom. The second-order valence-corrected chi connectivity index (χ2v) is 6.16. The molecule has 7 nitrogen and oxygen atoms in total. The molecule has 0 spiro atoms. The molecule has 2 amide bonds. The number of thiocarbonyl (C=S) groups is 1. The molecule has 0 aliphatic carbocycles. The number of carbonyl (C=O) groups is 2. The highest BCUT2D eigenvalue weighted by Gasteiger charge is 2.11.